The summed E-state index contributed by atoms with van der Waals surface area (Å²) in [5.41, 5.74) is 0.512. The SMILES string of the molecule is Cc1ccc(=O)n([C@H](C)C(=O)N(C)C2CCCCC2)n1. The lowest BCUT2D eigenvalue weighted by Gasteiger charge is -2.33. The maximum absolute atomic E-state index is 12.5. The minimum absolute atomic E-state index is 0.0305. The second kappa shape index (κ2) is 6.20. The van der Waals surface area contributed by atoms with Crippen molar-refractivity contribution in [3.63, 3.8) is 0 Å². The van der Waals surface area contributed by atoms with E-state index in [1.807, 2.05) is 14.0 Å². The molecule has 1 fully saturated rings. The van der Waals surface area contributed by atoms with Crippen LogP contribution in [-0.2, 0) is 4.79 Å². The molecular weight excluding hydrogens is 254 g/mol. The fraction of sp³-hybridized carbons (Fsp3) is 0.667. The molecule has 1 atom stereocenters. The van der Waals surface area contributed by atoms with Crippen LogP contribution in [0.3, 0.4) is 0 Å². The van der Waals surface area contributed by atoms with Gasteiger partial charge in [0, 0.05) is 19.2 Å². The molecule has 0 aromatic carbocycles. The van der Waals surface area contributed by atoms with Gasteiger partial charge in [-0.05, 0) is 32.8 Å². The normalized spacial score (nSPS) is 17.8. The zero-order valence-corrected chi connectivity index (χ0v) is 12.5. The molecular formula is C15H23N3O2. The highest BCUT2D eigenvalue weighted by molar-refractivity contribution is 5.80. The van der Waals surface area contributed by atoms with Crippen molar-refractivity contribution in [3.8, 4) is 0 Å². The number of hydrogen-bond acceptors (Lipinski definition) is 3. The summed E-state index contributed by atoms with van der Waals surface area (Å²) in [6, 6.07) is 2.89. The number of aryl methyl sites for hydroxylation is 1. The molecule has 1 amide bonds. The van der Waals surface area contributed by atoms with E-state index in [1.165, 1.54) is 30.0 Å². The molecule has 0 aliphatic heterocycles. The zero-order valence-electron chi connectivity index (χ0n) is 12.5. The Bertz CT molecular complexity index is 532. The number of nitrogens with zero attached hydrogens (tertiary/aromatic N) is 3. The second-order valence-electron chi connectivity index (χ2n) is 5.67. The summed E-state index contributed by atoms with van der Waals surface area (Å²) >= 11 is 0. The van der Waals surface area contributed by atoms with Crippen LogP contribution in [0, 0.1) is 6.92 Å². The monoisotopic (exact) mass is 277 g/mol. The summed E-state index contributed by atoms with van der Waals surface area (Å²) in [5, 5.41) is 4.18. The molecule has 1 aromatic rings. The van der Waals surface area contributed by atoms with E-state index in [9.17, 15) is 9.59 Å². The second-order valence-corrected chi connectivity index (χ2v) is 5.67. The van der Waals surface area contributed by atoms with Crippen molar-refractivity contribution in [2.45, 2.75) is 58.0 Å². The van der Waals surface area contributed by atoms with Crippen LogP contribution in [0.4, 0.5) is 0 Å². The molecule has 1 aliphatic rings. The van der Waals surface area contributed by atoms with Gasteiger partial charge in [-0.15, -0.1) is 0 Å². The van der Waals surface area contributed by atoms with Crippen LogP contribution in [0.1, 0.15) is 50.8 Å². The van der Waals surface area contributed by atoms with Gasteiger partial charge in [0.05, 0.1) is 5.69 Å². The molecule has 0 saturated heterocycles. The third kappa shape index (κ3) is 3.08. The van der Waals surface area contributed by atoms with Gasteiger partial charge in [-0.2, -0.15) is 5.10 Å². The van der Waals surface area contributed by atoms with Crippen molar-refractivity contribution < 1.29 is 4.79 Å². The zero-order chi connectivity index (χ0) is 14.7. The van der Waals surface area contributed by atoms with E-state index in [0.717, 1.165) is 18.5 Å². The first-order valence-corrected chi connectivity index (χ1v) is 7.34. The van der Waals surface area contributed by atoms with Crippen LogP contribution in [0.5, 0.6) is 0 Å². The third-order valence-corrected chi connectivity index (χ3v) is 4.15. The number of hydrogen-bond donors (Lipinski definition) is 0. The van der Waals surface area contributed by atoms with Crippen molar-refractivity contribution in [1.29, 1.82) is 0 Å². The van der Waals surface area contributed by atoms with E-state index in [2.05, 4.69) is 5.10 Å². The van der Waals surface area contributed by atoms with E-state index in [4.69, 9.17) is 0 Å². The number of likely N-dealkylation sites (N-methyl/N-ethyl adjacent to an activating group) is 1. The summed E-state index contributed by atoms with van der Waals surface area (Å²) in [6.07, 6.45) is 5.74. The maximum Gasteiger partial charge on any atom is 0.267 e. The number of amides is 1. The van der Waals surface area contributed by atoms with E-state index >= 15 is 0 Å². The van der Waals surface area contributed by atoms with Gasteiger partial charge in [0.25, 0.3) is 5.56 Å². The van der Waals surface area contributed by atoms with Gasteiger partial charge in [0.1, 0.15) is 6.04 Å². The van der Waals surface area contributed by atoms with Gasteiger partial charge in [-0.25, -0.2) is 4.68 Å². The Morgan fingerprint density at radius 3 is 2.65 bits per heavy atom. The van der Waals surface area contributed by atoms with Crippen LogP contribution < -0.4 is 5.56 Å². The summed E-state index contributed by atoms with van der Waals surface area (Å²) in [4.78, 5) is 26.2. The molecule has 20 heavy (non-hydrogen) atoms. The van der Waals surface area contributed by atoms with E-state index in [1.54, 1.807) is 17.9 Å². The van der Waals surface area contributed by atoms with Gasteiger partial charge in [-0.3, -0.25) is 9.59 Å². The lowest BCUT2D eigenvalue weighted by atomic mass is 9.94. The van der Waals surface area contributed by atoms with Crippen molar-refractivity contribution in [2.75, 3.05) is 7.05 Å². The standard InChI is InChI=1S/C15H23N3O2/c1-11-9-10-14(19)18(16-11)12(2)15(20)17(3)13-7-5-4-6-8-13/h9-10,12-13H,4-8H2,1-3H3/t12-/m1/s1. The Labute approximate surface area is 119 Å². The maximum atomic E-state index is 12.5. The molecule has 0 unspecified atom stereocenters. The quantitative estimate of drug-likeness (QED) is 0.848. The molecule has 0 spiro atoms. The topological polar surface area (TPSA) is 55.2 Å². The molecule has 0 bridgehead atoms. The smallest absolute Gasteiger partial charge is 0.267 e. The predicted molar refractivity (Wildman–Crippen MR) is 77.6 cm³/mol. The van der Waals surface area contributed by atoms with Gasteiger partial charge < -0.3 is 4.90 Å². The lowest BCUT2D eigenvalue weighted by Crippen LogP contribution is -2.43. The number of rotatable bonds is 3. The van der Waals surface area contributed by atoms with E-state index in [-0.39, 0.29) is 11.5 Å². The molecule has 1 heterocycles. The molecule has 2 rings (SSSR count). The molecule has 0 N–H and O–H groups in total. The molecule has 5 heteroatoms. The summed E-state index contributed by atoms with van der Waals surface area (Å²) in [6.45, 7) is 3.56. The minimum Gasteiger partial charge on any atom is -0.341 e. The van der Waals surface area contributed by atoms with E-state index in [0.29, 0.717) is 6.04 Å². The van der Waals surface area contributed by atoms with Crippen LogP contribution in [0.25, 0.3) is 0 Å². The Morgan fingerprint density at radius 2 is 2.00 bits per heavy atom. The fourth-order valence-corrected chi connectivity index (χ4v) is 2.85. The average molecular weight is 277 g/mol. The van der Waals surface area contributed by atoms with Gasteiger partial charge >= 0.3 is 0 Å². The van der Waals surface area contributed by atoms with Crippen LogP contribution >= 0.6 is 0 Å². The number of carbonyl (C=O) groups excluding carboxylic acids is 1. The summed E-state index contributed by atoms with van der Waals surface area (Å²) in [5.74, 6) is -0.0305. The van der Waals surface area contributed by atoms with Crippen molar-refractivity contribution in [2.24, 2.45) is 0 Å². The lowest BCUT2D eigenvalue weighted by molar-refractivity contribution is -0.136. The van der Waals surface area contributed by atoms with Crippen molar-refractivity contribution in [3.05, 3.63) is 28.2 Å². The Kier molecular flexibility index (Phi) is 4.57. The first-order chi connectivity index (χ1) is 9.50. The Hall–Kier alpha value is -1.65. The molecule has 0 radical (unpaired) electrons. The average Bonchev–Trinajstić information content (AvgIpc) is 2.48. The molecule has 1 aromatic heterocycles. The minimum atomic E-state index is -0.547. The number of carbonyl (C=O) groups is 1. The third-order valence-electron chi connectivity index (χ3n) is 4.15. The molecule has 1 aliphatic carbocycles. The van der Waals surface area contributed by atoms with Crippen molar-refractivity contribution in [1.82, 2.24) is 14.7 Å². The summed E-state index contributed by atoms with van der Waals surface area (Å²) < 4.78 is 1.29. The van der Waals surface area contributed by atoms with Gasteiger partial charge in [0.2, 0.25) is 5.91 Å². The number of aromatic nitrogens is 2. The summed E-state index contributed by atoms with van der Waals surface area (Å²) in [7, 11) is 1.84. The first-order valence-electron chi connectivity index (χ1n) is 7.34. The largest absolute Gasteiger partial charge is 0.341 e. The highest BCUT2D eigenvalue weighted by Crippen LogP contribution is 2.23. The van der Waals surface area contributed by atoms with Crippen molar-refractivity contribution >= 4 is 5.91 Å². The van der Waals surface area contributed by atoms with Crippen LogP contribution in [-0.4, -0.2) is 33.7 Å². The first kappa shape index (κ1) is 14.8. The molecule has 110 valence electrons. The highest BCUT2D eigenvalue weighted by Gasteiger charge is 2.27. The van der Waals surface area contributed by atoms with Gasteiger partial charge in [-0.1, -0.05) is 19.3 Å². The fourth-order valence-electron chi connectivity index (χ4n) is 2.85. The molecule has 5 nitrogen and oxygen atoms in total. The predicted octanol–water partition coefficient (Wildman–Crippen LogP) is 1.90. The van der Waals surface area contributed by atoms with Crippen LogP contribution in [0.15, 0.2) is 16.9 Å². The van der Waals surface area contributed by atoms with Gasteiger partial charge in [0.15, 0.2) is 0 Å². The van der Waals surface area contributed by atoms with Crippen LogP contribution in [0.2, 0.25) is 0 Å². The highest BCUT2D eigenvalue weighted by atomic mass is 16.2. The Morgan fingerprint density at radius 1 is 1.35 bits per heavy atom. The van der Waals surface area contributed by atoms with E-state index < -0.39 is 6.04 Å². The molecule has 1 saturated carbocycles. The Balaban J connectivity index is 2.15.